The maximum Gasteiger partial charge on any atom is 3.00 e. The predicted octanol–water partition coefficient (Wildman–Crippen LogP) is 1.47. The Hall–Kier alpha value is -1.27. The van der Waals surface area contributed by atoms with Crippen LogP contribution in [0.25, 0.3) is 21.9 Å². The van der Waals surface area contributed by atoms with Gasteiger partial charge in [-0.05, 0) is 34.1 Å². The molecule has 0 amide bonds. The molecular formula is C27H25Cl2Zr. The third-order valence-corrected chi connectivity index (χ3v) is 6.30. The Morgan fingerprint density at radius 2 is 1.30 bits per heavy atom. The molecule has 0 saturated carbocycles. The minimum absolute atomic E-state index is 0. The second-order valence-electron chi connectivity index (χ2n) is 8.26. The maximum atomic E-state index is 2.41. The molecule has 4 aromatic carbocycles. The third-order valence-electron chi connectivity index (χ3n) is 6.30. The second kappa shape index (κ2) is 9.48. The van der Waals surface area contributed by atoms with Crippen molar-refractivity contribution in [3.05, 3.63) is 100 Å². The van der Waals surface area contributed by atoms with Gasteiger partial charge in [0.05, 0.1) is 0 Å². The van der Waals surface area contributed by atoms with Crippen molar-refractivity contribution in [1.29, 1.82) is 0 Å². The van der Waals surface area contributed by atoms with E-state index in [0.717, 1.165) is 0 Å². The van der Waals surface area contributed by atoms with Crippen LogP contribution in [0, 0.1) is 13.8 Å². The molecule has 0 bridgehead atoms. The SMILES string of the molecule is Cc1[cH-]c2c(C)ccc(C(C)C)c2c1C1c2ccccc2-c2ccccc21.[Cl-].[Cl-].[Zr+3]. The molecular weight excluding hydrogens is 486 g/mol. The zero-order chi connectivity index (χ0) is 18.7. The molecule has 4 aromatic rings. The summed E-state index contributed by atoms with van der Waals surface area (Å²) in [6, 6.07) is 25.0. The van der Waals surface area contributed by atoms with Crippen molar-refractivity contribution in [3.63, 3.8) is 0 Å². The van der Waals surface area contributed by atoms with E-state index in [0.29, 0.717) is 11.8 Å². The fraction of sp³-hybridized carbons (Fsp3) is 0.222. The molecule has 0 spiro atoms. The van der Waals surface area contributed by atoms with Gasteiger partial charge in [0.15, 0.2) is 0 Å². The van der Waals surface area contributed by atoms with Gasteiger partial charge in [-0.2, -0.15) is 0 Å². The molecule has 1 aliphatic rings. The second-order valence-corrected chi connectivity index (χ2v) is 8.26. The minimum atomic E-state index is 0. The fourth-order valence-corrected chi connectivity index (χ4v) is 5.04. The molecule has 0 aliphatic heterocycles. The van der Waals surface area contributed by atoms with Crippen LogP contribution in [0.15, 0.2) is 66.7 Å². The summed E-state index contributed by atoms with van der Waals surface area (Å²) in [6.07, 6.45) is 0. The number of hydrogen-bond donors (Lipinski definition) is 0. The summed E-state index contributed by atoms with van der Waals surface area (Å²) >= 11 is 0. The van der Waals surface area contributed by atoms with E-state index >= 15 is 0 Å². The van der Waals surface area contributed by atoms with Gasteiger partial charge < -0.3 is 24.8 Å². The van der Waals surface area contributed by atoms with Crippen LogP contribution in [0.4, 0.5) is 0 Å². The molecule has 0 heterocycles. The van der Waals surface area contributed by atoms with E-state index in [4.69, 9.17) is 0 Å². The van der Waals surface area contributed by atoms with Crippen molar-refractivity contribution < 1.29 is 51.0 Å². The maximum absolute atomic E-state index is 2.41. The largest absolute Gasteiger partial charge is 3.00 e. The molecule has 0 unspecified atom stereocenters. The summed E-state index contributed by atoms with van der Waals surface area (Å²) in [5.41, 5.74) is 11.5. The van der Waals surface area contributed by atoms with Gasteiger partial charge in [-0.15, -0.1) is 39.6 Å². The van der Waals surface area contributed by atoms with Gasteiger partial charge in [-0.1, -0.05) is 87.9 Å². The first-order chi connectivity index (χ1) is 13.1. The first-order valence-corrected chi connectivity index (χ1v) is 9.95. The average molecular weight is 512 g/mol. The number of hydrogen-bond acceptors (Lipinski definition) is 0. The van der Waals surface area contributed by atoms with Crippen LogP contribution in [0.1, 0.15) is 59.1 Å². The molecule has 1 aliphatic carbocycles. The molecule has 0 atom stereocenters. The van der Waals surface area contributed by atoms with E-state index in [1.54, 1.807) is 0 Å². The molecule has 0 fully saturated rings. The monoisotopic (exact) mass is 509 g/mol. The summed E-state index contributed by atoms with van der Waals surface area (Å²) < 4.78 is 0. The molecule has 1 radical (unpaired) electrons. The summed E-state index contributed by atoms with van der Waals surface area (Å²) in [6.45, 7) is 9.16. The molecule has 3 heteroatoms. The molecule has 0 N–H and O–H groups in total. The van der Waals surface area contributed by atoms with Crippen LogP contribution in [0.5, 0.6) is 0 Å². The van der Waals surface area contributed by atoms with Gasteiger partial charge in [-0.3, -0.25) is 0 Å². The molecule has 30 heavy (non-hydrogen) atoms. The molecule has 0 aromatic heterocycles. The van der Waals surface area contributed by atoms with Gasteiger partial charge >= 0.3 is 26.2 Å². The minimum Gasteiger partial charge on any atom is -1.00 e. The summed E-state index contributed by atoms with van der Waals surface area (Å²) in [5, 5.41) is 2.91. The van der Waals surface area contributed by atoms with Crippen molar-refractivity contribution in [3.8, 4) is 11.1 Å². The van der Waals surface area contributed by atoms with Gasteiger partial charge in [-0.25, -0.2) is 0 Å². The molecule has 0 nitrogen and oxygen atoms in total. The average Bonchev–Trinajstić information content (AvgIpc) is 3.17. The third kappa shape index (κ3) is 3.64. The van der Waals surface area contributed by atoms with Gasteiger partial charge in [0.2, 0.25) is 0 Å². The molecule has 151 valence electrons. The number of fused-ring (bicyclic) bond motifs is 4. The Bertz CT molecular complexity index is 1140. The quantitative estimate of drug-likeness (QED) is 0.315. The number of benzene rings is 3. The van der Waals surface area contributed by atoms with Crippen molar-refractivity contribution in [2.75, 3.05) is 0 Å². The van der Waals surface area contributed by atoms with Crippen molar-refractivity contribution >= 4 is 10.8 Å². The zero-order valence-electron chi connectivity index (χ0n) is 17.8. The van der Waals surface area contributed by atoms with Crippen LogP contribution in [0.2, 0.25) is 0 Å². The summed E-state index contributed by atoms with van der Waals surface area (Å²) in [4.78, 5) is 0. The van der Waals surface area contributed by atoms with Crippen LogP contribution in [-0.2, 0) is 26.2 Å². The van der Waals surface area contributed by atoms with E-state index in [-0.39, 0.29) is 51.0 Å². The predicted molar refractivity (Wildman–Crippen MR) is 116 cm³/mol. The molecule has 0 saturated heterocycles. The zero-order valence-corrected chi connectivity index (χ0v) is 21.7. The van der Waals surface area contributed by atoms with Gasteiger partial charge in [0.25, 0.3) is 0 Å². The summed E-state index contributed by atoms with van der Waals surface area (Å²) in [5.74, 6) is 0.842. The molecule has 5 rings (SSSR count). The van der Waals surface area contributed by atoms with Crippen molar-refractivity contribution in [1.82, 2.24) is 0 Å². The number of rotatable bonds is 2. The number of aryl methyl sites for hydroxylation is 2. The van der Waals surface area contributed by atoms with Crippen molar-refractivity contribution in [2.24, 2.45) is 0 Å². The van der Waals surface area contributed by atoms with Crippen LogP contribution >= 0.6 is 0 Å². The standard InChI is InChI=1S/C27H25.2ClH.Zr/c1-16(2)19-14-13-17(3)24-15-18(4)25(26(19)24)27-22-11-7-5-9-20(22)21-10-6-8-12-23(21)27;;;/h5-16,27H,1-4H3;2*1H;/q-1;;;+3/p-2. The Labute approximate surface area is 211 Å². The Morgan fingerprint density at radius 1 is 0.767 bits per heavy atom. The Morgan fingerprint density at radius 3 is 1.83 bits per heavy atom. The van der Waals surface area contributed by atoms with E-state index < -0.39 is 0 Å². The van der Waals surface area contributed by atoms with E-state index in [1.807, 2.05) is 0 Å². The van der Waals surface area contributed by atoms with Crippen LogP contribution in [-0.4, -0.2) is 0 Å². The first-order valence-electron chi connectivity index (χ1n) is 9.95. The van der Waals surface area contributed by atoms with Crippen LogP contribution < -0.4 is 24.8 Å². The van der Waals surface area contributed by atoms with Gasteiger partial charge in [0.1, 0.15) is 0 Å². The number of halogens is 2. The van der Waals surface area contributed by atoms with E-state index in [2.05, 4.69) is 94.4 Å². The summed E-state index contributed by atoms with van der Waals surface area (Å²) in [7, 11) is 0. The fourth-order valence-electron chi connectivity index (χ4n) is 5.04. The van der Waals surface area contributed by atoms with Crippen molar-refractivity contribution in [2.45, 2.75) is 39.5 Å². The topological polar surface area (TPSA) is 0 Å². The Kier molecular flexibility index (Phi) is 7.90. The van der Waals surface area contributed by atoms with Gasteiger partial charge in [0, 0.05) is 0 Å². The normalized spacial score (nSPS) is 12.0. The van der Waals surface area contributed by atoms with E-state index in [9.17, 15) is 0 Å². The van der Waals surface area contributed by atoms with Crippen LogP contribution in [0.3, 0.4) is 0 Å². The van der Waals surface area contributed by atoms with E-state index in [1.165, 1.54) is 55.3 Å². The first kappa shape index (κ1) is 25.0. The Balaban J connectivity index is 0.00000107. The smallest absolute Gasteiger partial charge is 1.00 e.